The summed E-state index contributed by atoms with van der Waals surface area (Å²) in [6.07, 6.45) is 1.44. The monoisotopic (exact) mass is 208 g/mol. The Hall–Kier alpha value is -1.68. The minimum absolute atomic E-state index is 0.0469. The van der Waals surface area contributed by atoms with Crippen LogP contribution in [-0.4, -0.2) is 21.5 Å². The van der Waals surface area contributed by atoms with Gasteiger partial charge in [0.05, 0.1) is 5.57 Å². The van der Waals surface area contributed by atoms with Crippen LogP contribution in [0.15, 0.2) is 29.8 Å². The minimum Gasteiger partial charge on any atom is -0.508 e. The van der Waals surface area contributed by atoms with Gasteiger partial charge in [-0.3, -0.25) is 0 Å². The van der Waals surface area contributed by atoms with E-state index in [2.05, 4.69) is 12.2 Å². The summed E-state index contributed by atoms with van der Waals surface area (Å²) in [7, 11) is 0. The summed E-state index contributed by atoms with van der Waals surface area (Å²) in [5, 5.41) is 18.8. The molecule has 3 nitrogen and oxygen atoms in total. The number of aliphatic carboxylic acids is 1. The molecule has 0 aromatic heterocycles. The van der Waals surface area contributed by atoms with Crippen LogP contribution in [0.3, 0.4) is 0 Å². The van der Waals surface area contributed by atoms with Gasteiger partial charge in [-0.25, -0.2) is 4.79 Å². The molecule has 0 fully saturated rings. The van der Waals surface area contributed by atoms with Crippen LogP contribution in [0.1, 0.15) is 5.56 Å². The van der Waals surface area contributed by atoms with E-state index in [1.165, 1.54) is 18.2 Å². The van der Waals surface area contributed by atoms with Gasteiger partial charge in [0.2, 0.25) is 0 Å². The zero-order chi connectivity index (χ0) is 10.6. The van der Waals surface area contributed by atoms with Crippen molar-refractivity contribution in [3.63, 3.8) is 0 Å². The molecule has 72 valence electrons. The highest BCUT2D eigenvalue weighted by Gasteiger charge is 2.02. The smallest absolute Gasteiger partial charge is 0.336 e. The summed E-state index contributed by atoms with van der Waals surface area (Å²) < 4.78 is 0. The lowest BCUT2D eigenvalue weighted by Crippen LogP contribution is -1.99. The van der Waals surface area contributed by atoms with Gasteiger partial charge < -0.3 is 10.2 Å². The van der Waals surface area contributed by atoms with Crippen molar-refractivity contribution in [2.75, 3.05) is 0 Å². The first-order valence-corrected chi connectivity index (χ1v) is 4.30. The molecule has 1 rings (SSSR count). The van der Waals surface area contributed by atoms with Crippen LogP contribution in [0.4, 0.5) is 0 Å². The number of thiocarbonyl (C=S) groups is 1. The average Bonchev–Trinajstić information content (AvgIpc) is 2.16. The predicted molar refractivity (Wildman–Crippen MR) is 57.4 cm³/mol. The molecule has 0 heterocycles. The van der Waals surface area contributed by atoms with Crippen molar-refractivity contribution in [3.8, 4) is 5.75 Å². The van der Waals surface area contributed by atoms with E-state index in [0.29, 0.717) is 5.56 Å². The first-order valence-electron chi connectivity index (χ1n) is 3.82. The molecule has 1 aromatic rings. The second kappa shape index (κ2) is 4.53. The van der Waals surface area contributed by atoms with Crippen LogP contribution in [-0.2, 0) is 4.79 Å². The van der Waals surface area contributed by atoms with Crippen LogP contribution in [0.5, 0.6) is 5.75 Å². The van der Waals surface area contributed by atoms with Crippen molar-refractivity contribution in [1.82, 2.24) is 0 Å². The SMILES string of the molecule is O=C(O)C(C=S)=Cc1ccc(O)cc1. The second-order valence-electron chi connectivity index (χ2n) is 2.61. The number of carboxylic acid groups (broad SMARTS) is 1. The van der Waals surface area contributed by atoms with Crippen molar-refractivity contribution >= 4 is 29.6 Å². The molecular weight excluding hydrogens is 200 g/mol. The topological polar surface area (TPSA) is 57.5 Å². The van der Waals surface area contributed by atoms with Gasteiger partial charge in [0.25, 0.3) is 0 Å². The summed E-state index contributed by atoms with van der Waals surface area (Å²) in [5.41, 5.74) is 0.729. The van der Waals surface area contributed by atoms with Gasteiger partial charge in [-0.2, -0.15) is 0 Å². The minimum atomic E-state index is -1.06. The average molecular weight is 208 g/mol. The standard InChI is InChI=1S/C10H8O3S/c11-9-3-1-7(2-4-9)5-8(6-14)10(12)13/h1-6,11H,(H,12,13). The van der Waals surface area contributed by atoms with Gasteiger partial charge in [-0.1, -0.05) is 24.4 Å². The normalized spacial score (nSPS) is 11.0. The fourth-order valence-electron chi connectivity index (χ4n) is 0.896. The maximum Gasteiger partial charge on any atom is 0.336 e. The lowest BCUT2D eigenvalue weighted by atomic mass is 10.1. The van der Waals surface area contributed by atoms with Gasteiger partial charge in [0, 0.05) is 5.37 Å². The van der Waals surface area contributed by atoms with E-state index >= 15 is 0 Å². The van der Waals surface area contributed by atoms with Crippen LogP contribution < -0.4 is 0 Å². The molecule has 0 atom stereocenters. The molecule has 0 amide bonds. The first kappa shape index (κ1) is 10.4. The van der Waals surface area contributed by atoms with Crippen molar-refractivity contribution in [3.05, 3.63) is 35.4 Å². The molecule has 14 heavy (non-hydrogen) atoms. The third-order valence-electron chi connectivity index (χ3n) is 1.59. The second-order valence-corrected chi connectivity index (χ2v) is 2.85. The molecule has 0 aliphatic rings. The third-order valence-corrected chi connectivity index (χ3v) is 1.84. The number of hydrogen-bond donors (Lipinski definition) is 2. The quantitative estimate of drug-likeness (QED) is 0.588. The largest absolute Gasteiger partial charge is 0.508 e. The van der Waals surface area contributed by atoms with Crippen LogP contribution in [0.25, 0.3) is 6.08 Å². The molecule has 2 N–H and O–H groups in total. The number of hydrogen-bond acceptors (Lipinski definition) is 3. The molecular formula is C10H8O3S. The molecule has 0 saturated heterocycles. The van der Waals surface area contributed by atoms with E-state index in [1.54, 1.807) is 12.1 Å². The summed E-state index contributed by atoms with van der Waals surface area (Å²) >= 11 is 4.55. The Morgan fingerprint density at radius 3 is 2.29 bits per heavy atom. The van der Waals surface area contributed by atoms with Crippen molar-refractivity contribution < 1.29 is 15.0 Å². The summed E-state index contributed by atoms with van der Waals surface area (Å²) in [6.45, 7) is 0. The lowest BCUT2D eigenvalue weighted by Gasteiger charge is -1.96. The summed E-state index contributed by atoms with van der Waals surface area (Å²) in [4.78, 5) is 10.6. The van der Waals surface area contributed by atoms with Crippen molar-refractivity contribution in [1.29, 1.82) is 0 Å². The number of phenolic OH excluding ortho intramolecular Hbond substituents is 1. The number of phenols is 1. The fourth-order valence-corrected chi connectivity index (χ4v) is 1.07. The molecule has 0 aliphatic heterocycles. The third kappa shape index (κ3) is 2.67. The zero-order valence-corrected chi connectivity index (χ0v) is 7.99. The maximum absolute atomic E-state index is 10.6. The Bertz CT molecular complexity index is 379. The summed E-state index contributed by atoms with van der Waals surface area (Å²) in [6, 6.07) is 6.18. The predicted octanol–water partition coefficient (Wildman–Crippen LogP) is 1.86. The first-order chi connectivity index (χ1) is 6.63. The maximum atomic E-state index is 10.6. The van der Waals surface area contributed by atoms with Crippen LogP contribution in [0.2, 0.25) is 0 Å². The fraction of sp³-hybridized carbons (Fsp3) is 0. The zero-order valence-electron chi connectivity index (χ0n) is 7.18. The summed E-state index contributed by atoms with van der Waals surface area (Å²) in [5.74, 6) is -0.922. The number of carbonyl (C=O) groups is 1. The Morgan fingerprint density at radius 1 is 1.29 bits per heavy atom. The number of aromatic hydroxyl groups is 1. The van der Waals surface area contributed by atoms with Crippen molar-refractivity contribution in [2.45, 2.75) is 0 Å². The molecule has 0 unspecified atom stereocenters. The van der Waals surface area contributed by atoms with E-state index in [-0.39, 0.29) is 11.3 Å². The molecule has 0 radical (unpaired) electrons. The van der Waals surface area contributed by atoms with Crippen LogP contribution in [0, 0.1) is 0 Å². The van der Waals surface area contributed by atoms with E-state index in [4.69, 9.17) is 10.2 Å². The Balaban J connectivity index is 3.01. The van der Waals surface area contributed by atoms with E-state index in [1.807, 2.05) is 0 Å². The molecule has 0 bridgehead atoms. The number of carboxylic acids is 1. The van der Waals surface area contributed by atoms with Gasteiger partial charge >= 0.3 is 5.97 Å². The van der Waals surface area contributed by atoms with Gasteiger partial charge in [0.1, 0.15) is 5.75 Å². The van der Waals surface area contributed by atoms with Crippen molar-refractivity contribution in [2.24, 2.45) is 0 Å². The Morgan fingerprint density at radius 2 is 1.86 bits per heavy atom. The Kier molecular flexibility index (Phi) is 3.36. The Labute approximate surface area is 86.3 Å². The van der Waals surface area contributed by atoms with E-state index < -0.39 is 5.97 Å². The van der Waals surface area contributed by atoms with Gasteiger partial charge in [-0.15, -0.1) is 0 Å². The number of benzene rings is 1. The highest BCUT2D eigenvalue weighted by atomic mass is 32.1. The van der Waals surface area contributed by atoms with Gasteiger partial charge in [0.15, 0.2) is 0 Å². The lowest BCUT2D eigenvalue weighted by molar-refractivity contribution is -0.131. The molecule has 0 saturated carbocycles. The molecule has 4 heteroatoms. The molecule has 1 aromatic carbocycles. The molecule has 0 aliphatic carbocycles. The van der Waals surface area contributed by atoms with Gasteiger partial charge in [-0.05, 0) is 23.8 Å². The molecule has 0 spiro atoms. The number of rotatable bonds is 3. The highest BCUT2D eigenvalue weighted by molar-refractivity contribution is 7.79. The van der Waals surface area contributed by atoms with E-state index in [9.17, 15) is 4.79 Å². The van der Waals surface area contributed by atoms with E-state index in [0.717, 1.165) is 5.37 Å². The van der Waals surface area contributed by atoms with Crippen LogP contribution >= 0.6 is 12.2 Å². The highest BCUT2D eigenvalue weighted by Crippen LogP contribution is 2.12.